The number of nitrogens with one attached hydrogen (secondary N) is 1. The number of amides is 1. The zero-order valence-electron chi connectivity index (χ0n) is 8.48. The third-order valence-corrected chi connectivity index (χ3v) is 1.76. The molecule has 1 rings (SSSR count). The van der Waals surface area contributed by atoms with E-state index in [9.17, 15) is 26.7 Å². The van der Waals surface area contributed by atoms with Gasteiger partial charge in [-0.05, 0) is 12.1 Å². The Bertz CT molecular complexity index is 412. The highest BCUT2D eigenvalue weighted by atomic mass is 19.4. The van der Waals surface area contributed by atoms with Crippen LogP contribution < -0.4 is 5.32 Å². The molecular formula is C9H7F5N2O. The summed E-state index contributed by atoms with van der Waals surface area (Å²) in [5.74, 6) is -5.50. The van der Waals surface area contributed by atoms with E-state index >= 15 is 0 Å². The normalized spacial score (nSPS) is 12.4. The summed E-state index contributed by atoms with van der Waals surface area (Å²) in [7, 11) is 0. The van der Waals surface area contributed by atoms with Gasteiger partial charge in [0.25, 0.3) is 0 Å². The van der Waals surface area contributed by atoms with Gasteiger partial charge in [-0.1, -0.05) is 0 Å². The van der Waals surface area contributed by atoms with Gasteiger partial charge in [-0.15, -0.1) is 0 Å². The topological polar surface area (TPSA) is 42.0 Å². The molecule has 0 fully saturated rings. The van der Waals surface area contributed by atoms with Crippen molar-refractivity contribution in [2.75, 3.05) is 5.32 Å². The first kappa shape index (κ1) is 13.3. The van der Waals surface area contributed by atoms with Crippen LogP contribution in [0.1, 0.15) is 12.6 Å². The lowest BCUT2D eigenvalue weighted by Gasteiger charge is -2.18. The van der Waals surface area contributed by atoms with E-state index in [0.29, 0.717) is 6.07 Å². The molecule has 1 N–H and O–H groups in total. The smallest absolute Gasteiger partial charge is 0.325 e. The van der Waals surface area contributed by atoms with Crippen molar-refractivity contribution >= 4 is 11.6 Å². The molecule has 1 heterocycles. The Morgan fingerprint density at radius 2 is 1.82 bits per heavy atom. The van der Waals surface area contributed by atoms with Gasteiger partial charge in [-0.3, -0.25) is 9.78 Å². The Balaban J connectivity index is 2.99. The fourth-order valence-electron chi connectivity index (χ4n) is 1.00. The van der Waals surface area contributed by atoms with E-state index in [1.165, 1.54) is 0 Å². The molecule has 8 heteroatoms. The summed E-state index contributed by atoms with van der Waals surface area (Å²) in [4.78, 5) is 13.6. The van der Waals surface area contributed by atoms with Crippen molar-refractivity contribution in [2.45, 2.75) is 19.0 Å². The average Bonchev–Trinajstić information content (AvgIpc) is 2.15. The molecule has 17 heavy (non-hydrogen) atoms. The van der Waals surface area contributed by atoms with Gasteiger partial charge >= 0.3 is 12.1 Å². The molecule has 1 aromatic rings. The number of nitrogens with zero attached hydrogens (tertiary/aromatic N) is 1. The minimum atomic E-state index is -5.70. The maximum atomic E-state index is 12.8. The van der Waals surface area contributed by atoms with Gasteiger partial charge < -0.3 is 5.32 Å². The molecule has 0 aliphatic rings. The predicted octanol–water partition coefficient (Wildman–Crippen LogP) is 2.69. The average molecular weight is 254 g/mol. The highest BCUT2D eigenvalue weighted by Crippen LogP contribution is 2.42. The summed E-state index contributed by atoms with van der Waals surface area (Å²) in [5, 5.41) is 2.19. The number of hydrogen-bond acceptors (Lipinski definition) is 2. The summed E-state index contributed by atoms with van der Waals surface area (Å²) in [6.07, 6.45) is -4.97. The molecule has 1 amide bonds. The molecular weight excluding hydrogens is 247 g/mol. The van der Waals surface area contributed by atoms with Crippen LogP contribution in [0.3, 0.4) is 0 Å². The molecule has 0 aliphatic heterocycles. The quantitative estimate of drug-likeness (QED) is 0.824. The van der Waals surface area contributed by atoms with Crippen LogP contribution in [0.5, 0.6) is 0 Å². The van der Waals surface area contributed by atoms with Crippen LogP contribution in [0.25, 0.3) is 0 Å². The number of pyridine rings is 1. The summed E-state index contributed by atoms with van der Waals surface area (Å²) in [5.41, 5.74) is -1.38. The highest BCUT2D eigenvalue weighted by molar-refractivity contribution is 5.88. The third-order valence-electron chi connectivity index (χ3n) is 1.76. The number of aromatic nitrogens is 1. The molecule has 0 unspecified atom stereocenters. The van der Waals surface area contributed by atoms with E-state index in [2.05, 4.69) is 10.3 Å². The van der Waals surface area contributed by atoms with Crippen molar-refractivity contribution in [1.82, 2.24) is 4.98 Å². The molecule has 1 aromatic heterocycles. The van der Waals surface area contributed by atoms with Gasteiger partial charge in [-0.2, -0.15) is 22.0 Å². The van der Waals surface area contributed by atoms with Crippen molar-refractivity contribution in [2.24, 2.45) is 0 Å². The minimum absolute atomic E-state index is 0.0409. The second-order valence-corrected chi connectivity index (χ2v) is 3.19. The second kappa shape index (κ2) is 4.27. The summed E-state index contributed by atoms with van der Waals surface area (Å²) >= 11 is 0. The van der Waals surface area contributed by atoms with Crippen molar-refractivity contribution in [3.63, 3.8) is 0 Å². The molecule has 0 bridgehead atoms. The summed E-state index contributed by atoms with van der Waals surface area (Å²) < 4.78 is 61.5. The van der Waals surface area contributed by atoms with Gasteiger partial charge in [0.05, 0.1) is 11.9 Å². The van der Waals surface area contributed by atoms with Crippen molar-refractivity contribution in [3.05, 3.63) is 24.0 Å². The summed E-state index contributed by atoms with van der Waals surface area (Å²) in [6, 6.07) is 1.43. The van der Waals surface area contributed by atoms with E-state index in [-0.39, 0.29) is 5.69 Å². The van der Waals surface area contributed by atoms with E-state index in [0.717, 1.165) is 19.2 Å². The number of halogens is 5. The number of carbonyl (C=O) groups is 1. The second-order valence-electron chi connectivity index (χ2n) is 3.19. The maximum absolute atomic E-state index is 12.8. The number of rotatable bonds is 2. The molecule has 0 atom stereocenters. The first-order valence-electron chi connectivity index (χ1n) is 4.33. The monoisotopic (exact) mass is 254 g/mol. The Morgan fingerprint density at radius 3 is 2.18 bits per heavy atom. The molecule has 0 saturated carbocycles. The molecule has 94 valence electrons. The maximum Gasteiger partial charge on any atom is 0.459 e. The van der Waals surface area contributed by atoms with E-state index in [1.807, 2.05) is 0 Å². The van der Waals surface area contributed by atoms with Crippen LogP contribution in [0, 0.1) is 0 Å². The number of anilines is 1. The zero-order chi connectivity index (χ0) is 13.3. The number of alkyl halides is 5. The Labute approximate surface area is 92.6 Å². The van der Waals surface area contributed by atoms with Gasteiger partial charge in [0.2, 0.25) is 5.91 Å². The van der Waals surface area contributed by atoms with Gasteiger partial charge in [0.1, 0.15) is 5.69 Å². The number of carbonyl (C=O) groups excluding carboxylic acids is 1. The van der Waals surface area contributed by atoms with Crippen molar-refractivity contribution < 1.29 is 26.7 Å². The SMILES string of the molecule is CC(=O)Nc1ccc(C(F)(F)C(F)(F)F)nc1. The Hall–Kier alpha value is -1.73. The lowest BCUT2D eigenvalue weighted by Crippen LogP contribution is -2.34. The zero-order valence-corrected chi connectivity index (χ0v) is 8.48. The molecule has 0 saturated heterocycles. The summed E-state index contributed by atoms with van der Waals surface area (Å²) in [6.45, 7) is 1.16. The predicted molar refractivity (Wildman–Crippen MR) is 48.5 cm³/mol. The highest BCUT2D eigenvalue weighted by Gasteiger charge is 2.59. The van der Waals surface area contributed by atoms with Gasteiger partial charge in [-0.25, -0.2) is 0 Å². The Kier molecular flexibility index (Phi) is 3.35. The minimum Gasteiger partial charge on any atom is -0.325 e. The fraction of sp³-hybridized carbons (Fsp3) is 0.333. The first-order chi connectivity index (χ1) is 7.64. The lowest BCUT2D eigenvalue weighted by atomic mass is 10.2. The largest absolute Gasteiger partial charge is 0.459 e. The lowest BCUT2D eigenvalue weighted by molar-refractivity contribution is -0.290. The molecule has 0 radical (unpaired) electrons. The van der Waals surface area contributed by atoms with E-state index in [1.54, 1.807) is 0 Å². The van der Waals surface area contributed by atoms with Crippen molar-refractivity contribution in [1.29, 1.82) is 0 Å². The molecule has 3 nitrogen and oxygen atoms in total. The van der Waals surface area contributed by atoms with E-state index < -0.39 is 23.7 Å². The first-order valence-corrected chi connectivity index (χ1v) is 4.33. The van der Waals surface area contributed by atoms with Gasteiger partial charge in [0, 0.05) is 6.92 Å². The van der Waals surface area contributed by atoms with Crippen molar-refractivity contribution in [3.8, 4) is 0 Å². The van der Waals surface area contributed by atoms with Crippen LogP contribution in [0.4, 0.5) is 27.6 Å². The third kappa shape index (κ3) is 2.89. The van der Waals surface area contributed by atoms with E-state index in [4.69, 9.17) is 0 Å². The van der Waals surface area contributed by atoms with Crippen LogP contribution in [0.2, 0.25) is 0 Å². The number of hydrogen-bond donors (Lipinski definition) is 1. The standard InChI is InChI=1S/C9H7F5N2O/c1-5(17)16-6-2-3-7(15-4-6)8(10,11)9(12,13)14/h2-4H,1H3,(H,16,17). The van der Waals surface area contributed by atoms with Crippen LogP contribution in [-0.2, 0) is 10.7 Å². The molecule has 0 spiro atoms. The van der Waals surface area contributed by atoms with Gasteiger partial charge in [0.15, 0.2) is 0 Å². The molecule has 0 aromatic carbocycles. The Morgan fingerprint density at radius 1 is 1.24 bits per heavy atom. The molecule has 0 aliphatic carbocycles. The van der Waals surface area contributed by atoms with Crippen LogP contribution in [0.15, 0.2) is 18.3 Å². The fourth-order valence-corrected chi connectivity index (χ4v) is 1.00. The van der Waals surface area contributed by atoms with Crippen LogP contribution in [-0.4, -0.2) is 17.1 Å². The van der Waals surface area contributed by atoms with Crippen LogP contribution >= 0.6 is 0 Å².